The van der Waals surface area contributed by atoms with Gasteiger partial charge in [0.2, 0.25) is 0 Å². The number of halogens is 3. The van der Waals surface area contributed by atoms with Crippen molar-refractivity contribution in [2.45, 2.75) is 12.6 Å². The van der Waals surface area contributed by atoms with Crippen LogP contribution in [0.3, 0.4) is 0 Å². The van der Waals surface area contributed by atoms with Gasteiger partial charge in [0.1, 0.15) is 0 Å². The Balaban J connectivity index is 3.14. The minimum Gasteiger partial charge on any atom is -0.197 e. The molecular formula is C10H10ClF2P. The lowest BCUT2D eigenvalue weighted by Crippen LogP contribution is -2.03. The van der Waals surface area contributed by atoms with Gasteiger partial charge in [0.05, 0.1) is 5.02 Å². The van der Waals surface area contributed by atoms with Gasteiger partial charge in [-0.05, 0) is 18.6 Å². The summed E-state index contributed by atoms with van der Waals surface area (Å²) in [6.45, 7) is 1.85. The second-order valence-corrected chi connectivity index (χ2v) is 3.99. The van der Waals surface area contributed by atoms with Crippen LogP contribution in [0.1, 0.15) is 18.1 Å². The Morgan fingerprint density at radius 3 is 2.50 bits per heavy atom. The standard InChI is InChI=1S/C10H10ClF2P/c1-2-3-7-4-5-8(9(11)6-7)10(12,13)14/h2-6H,14H2,1H3/b3-2+. The van der Waals surface area contributed by atoms with E-state index in [9.17, 15) is 8.78 Å². The van der Waals surface area contributed by atoms with E-state index in [-0.39, 0.29) is 10.6 Å². The van der Waals surface area contributed by atoms with Crippen LogP contribution in [0.4, 0.5) is 8.78 Å². The van der Waals surface area contributed by atoms with E-state index in [2.05, 4.69) is 0 Å². The van der Waals surface area contributed by atoms with Crippen molar-refractivity contribution in [3.8, 4) is 0 Å². The largest absolute Gasteiger partial charge is 0.285 e. The Hall–Kier alpha value is -0.460. The number of rotatable bonds is 2. The Morgan fingerprint density at radius 1 is 1.43 bits per heavy atom. The van der Waals surface area contributed by atoms with Gasteiger partial charge in [0.15, 0.2) is 0 Å². The molecule has 76 valence electrons. The fourth-order valence-electron chi connectivity index (χ4n) is 1.10. The van der Waals surface area contributed by atoms with Crippen LogP contribution in [-0.4, -0.2) is 0 Å². The molecule has 1 unspecified atom stereocenters. The second kappa shape index (κ2) is 4.37. The van der Waals surface area contributed by atoms with Gasteiger partial charge < -0.3 is 0 Å². The van der Waals surface area contributed by atoms with E-state index in [0.29, 0.717) is 0 Å². The first kappa shape index (κ1) is 11.6. The third-order valence-electron chi connectivity index (χ3n) is 1.71. The molecule has 0 bridgehead atoms. The predicted octanol–water partition coefficient (Wildman–Crippen LogP) is 4.30. The van der Waals surface area contributed by atoms with E-state index < -0.39 is 5.66 Å². The molecule has 0 nitrogen and oxygen atoms in total. The molecule has 4 heteroatoms. The molecule has 1 aromatic carbocycles. The first-order chi connectivity index (χ1) is 6.45. The van der Waals surface area contributed by atoms with Gasteiger partial charge in [0, 0.05) is 5.56 Å². The monoisotopic (exact) mass is 234 g/mol. The van der Waals surface area contributed by atoms with Crippen molar-refractivity contribution in [2.24, 2.45) is 0 Å². The Kier molecular flexibility index (Phi) is 3.63. The average molecular weight is 235 g/mol. The van der Waals surface area contributed by atoms with Crippen LogP contribution in [0.2, 0.25) is 5.02 Å². The minimum absolute atomic E-state index is 0.0839. The number of allylic oxidation sites excluding steroid dienone is 1. The maximum Gasteiger partial charge on any atom is 0.285 e. The first-order valence-electron chi connectivity index (χ1n) is 4.04. The zero-order chi connectivity index (χ0) is 10.8. The van der Waals surface area contributed by atoms with Crippen molar-refractivity contribution < 1.29 is 8.78 Å². The van der Waals surface area contributed by atoms with E-state index in [1.54, 1.807) is 12.1 Å². The highest BCUT2D eigenvalue weighted by Crippen LogP contribution is 2.39. The van der Waals surface area contributed by atoms with Crippen LogP contribution in [0.5, 0.6) is 0 Å². The third-order valence-corrected chi connectivity index (χ3v) is 2.34. The lowest BCUT2D eigenvalue weighted by molar-refractivity contribution is 0.104. The summed E-state index contributed by atoms with van der Waals surface area (Å²) in [5, 5.41) is 0.0839. The van der Waals surface area contributed by atoms with Gasteiger partial charge in [-0.1, -0.05) is 45.1 Å². The summed E-state index contributed by atoms with van der Waals surface area (Å²) in [6.07, 6.45) is 3.63. The zero-order valence-corrected chi connectivity index (χ0v) is 9.51. The molecule has 0 radical (unpaired) electrons. The SMILES string of the molecule is C/C=C/c1ccc(C(F)(F)P)c(Cl)c1. The van der Waals surface area contributed by atoms with Crippen molar-refractivity contribution >= 4 is 26.9 Å². The molecule has 0 aromatic heterocycles. The molecule has 0 fully saturated rings. The lowest BCUT2D eigenvalue weighted by Gasteiger charge is -2.12. The van der Waals surface area contributed by atoms with Crippen molar-refractivity contribution in [3.05, 3.63) is 40.4 Å². The number of alkyl halides is 2. The highest BCUT2D eigenvalue weighted by Gasteiger charge is 2.26. The number of hydrogen-bond donors (Lipinski definition) is 0. The van der Waals surface area contributed by atoms with Gasteiger partial charge in [-0.15, -0.1) is 0 Å². The summed E-state index contributed by atoms with van der Waals surface area (Å²) in [4.78, 5) is 0. The Labute approximate surface area is 89.2 Å². The molecular weight excluding hydrogens is 225 g/mol. The molecule has 0 amide bonds. The molecule has 0 saturated carbocycles. The normalized spacial score (nSPS) is 12.4. The molecule has 1 rings (SSSR count). The topological polar surface area (TPSA) is 0 Å². The van der Waals surface area contributed by atoms with Gasteiger partial charge in [-0.3, -0.25) is 0 Å². The summed E-state index contributed by atoms with van der Waals surface area (Å²) in [5.41, 5.74) is -2.32. The quantitative estimate of drug-likeness (QED) is 0.670. The lowest BCUT2D eigenvalue weighted by atomic mass is 10.1. The highest BCUT2D eigenvalue weighted by atomic mass is 35.5. The minimum atomic E-state index is -2.97. The number of benzene rings is 1. The summed E-state index contributed by atoms with van der Waals surface area (Å²) in [7, 11) is 1.47. The summed E-state index contributed by atoms with van der Waals surface area (Å²) >= 11 is 5.72. The number of hydrogen-bond acceptors (Lipinski definition) is 0. The molecule has 0 spiro atoms. The molecule has 0 saturated heterocycles. The van der Waals surface area contributed by atoms with Crippen LogP contribution in [0, 0.1) is 0 Å². The average Bonchev–Trinajstić information content (AvgIpc) is 2.02. The van der Waals surface area contributed by atoms with E-state index in [4.69, 9.17) is 11.6 Å². The molecule has 0 aliphatic heterocycles. The first-order valence-corrected chi connectivity index (χ1v) is 5.00. The maximum absolute atomic E-state index is 12.9. The molecule has 14 heavy (non-hydrogen) atoms. The van der Waals surface area contributed by atoms with Crippen LogP contribution in [0.15, 0.2) is 24.3 Å². The van der Waals surface area contributed by atoms with Crippen molar-refractivity contribution in [1.29, 1.82) is 0 Å². The summed E-state index contributed by atoms with van der Waals surface area (Å²) in [6, 6.07) is 4.47. The predicted molar refractivity (Wildman–Crippen MR) is 59.8 cm³/mol. The molecule has 1 atom stereocenters. The van der Waals surface area contributed by atoms with Gasteiger partial charge in [-0.25, -0.2) is 0 Å². The van der Waals surface area contributed by atoms with Gasteiger partial charge >= 0.3 is 0 Å². The molecule has 0 aliphatic carbocycles. The van der Waals surface area contributed by atoms with Crippen molar-refractivity contribution in [3.63, 3.8) is 0 Å². The Bertz CT molecular complexity index is 356. The van der Waals surface area contributed by atoms with Crippen LogP contribution >= 0.6 is 20.8 Å². The van der Waals surface area contributed by atoms with Crippen LogP contribution in [-0.2, 0) is 5.66 Å². The molecule has 0 aliphatic rings. The second-order valence-electron chi connectivity index (χ2n) is 2.86. The molecule has 0 heterocycles. The van der Waals surface area contributed by atoms with Crippen molar-refractivity contribution in [1.82, 2.24) is 0 Å². The molecule has 1 aromatic rings. The highest BCUT2D eigenvalue weighted by molar-refractivity contribution is 7.17. The van der Waals surface area contributed by atoms with E-state index in [1.807, 2.05) is 13.0 Å². The van der Waals surface area contributed by atoms with Crippen LogP contribution in [0.25, 0.3) is 6.08 Å². The zero-order valence-electron chi connectivity index (χ0n) is 7.60. The molecule has 0 N–H and O–H groups in total. The van der Waals surface area contributed by atoms with E-state index >= 15 is 0 Å². The van der Waals surface area contributed by atoms with Gasteiger partial charge in [0.25, 0.3) is 5.66 Å². The van der Waals surface area contributed by atoms with Crippen LogP contribution < -0.4 is 0 Å². The maximum atomic E-state index is 12.9. The van der Waals surface area contributed by atoms with E-state index in [1.165, 1.54) is 21.4 Å². The Morgan fingerprint density at radius 2 is 2.07 bits per heavy atom. The fourth-order valence-corrected chi connectivity index (χ4v) is 1.76. The summed E-state index contributed by atoms with van der Waals surface area (Å²) < 4.78 is 25.8. The smallest absolute Gasteiger partial charge is 0.197 e. The third kappa shape index (κ3) is 2.76. The van der Waals surface area contributed by atoms with Crippen molar-refractivity contribution in [2.75, 3.05) is 0 Å². The fraction of sp³-hybridized carbons (Fsp3) is 0.200. The summed E-state index contributed by atoms with van der Waals surface area (Å²) in [5.74, 6) is 0. The van der Waals surface area contributed by atoms with Gasteiger partial charge in [-0.2, -0.15) is 8.78 Å². The van der Waals surface area contributed by atoms with E-state index in [0.717, 1.165) is 5.56 Å².